The average Bonchev–Trinajstić information content (AvgIpc) is 2.10. The van der Waals surface area contributed by atoms with E-state index in [9.17, 15) is 5.11 Å². The minimum atomic E-state index is -0.275. The summed E-state index contributed by atoms with van der Waals surface area (Å²) in [6.45, 7) is 8.34. The lowest BCUT2D eigenvalue weighted by Gasteiger charge is -2.24. The van der Waals surface area contributed by atoms with Gasteiger partial charge in [0.05, 0.1) is 0 Å². The van der Waals surface area contributed by atoms with Gasteiger partial charge in [-0.15, -0.1) is 0 Å². The first-order chi connectivity index (χ1) is 6.22. The SMILES string of the molecule is CCCCCN(CCCC)C(C)O. The first-order valence-corrected chi connectivity index (χ1v) is 5.64. The van der Waals surface area contributed by atoms with E-state index in [1.807, 2.05) is 6.92 Å². The van der Waals surface area contributed by atoms with E-state index in [1.54, 1.807) is 0 Å². The predicted octanol–water partition coefficient (Wildman–Crippen LogP) is 2.62. The fourth-order valence-corrected chi connectivity index (χ4v) is 1.41. The number of rotatable bonds is 8. The minimum absolute atomic E-state index is 0.275. The molecule has 0 fully saturated rings. The zero-order valence-electron chi connectivity index (χ0n) is 9.42. The topological polar surface area (TPSA) is 23.5 Å². The molecule has 0 rings (SSSR count). The second kappa shape index (κ2) is 8.52. The van der Waals surface area contributed by atoms with E-state index in [0.717, 1.165) is 13.1 Å². The Hall–Kier alpha value is -0.0800. The molecule has 2 nitrogen and oxygen atoms in total. The molecule has 0 aromatic rings. The number of hydrogen-bond donors (Lipinski definition) is 1. The van der Waals surface area contributed by atoms with Crippen molar-refractivity contribution in [3.05, 3.63) is 0 Å². The van der Waals surface area contributed by atoms with E-state index in [0.29, 0.717) is 0 Å². The molecule has 1 atom stereocenters. The number of hydrogen-bond acceptors (Lipinski definition) is 2. The van der Waals surface area contributed by atoms with Crippen LogP contribution in [0.25, 0.3) is 0 Å². The molecule has 0 aliphatic rings. The third-order valence-electron chi connectivity index (χ3n) is 2.38. The molecule has 0 aliphatic carbocycles. The molecule has 0 saturated carbocycles. The second-order valence-electron chi connectivity index (χ2n) is 3.73. The van der Waals surface area contributed by atoms with Crippen molar-refractivity contribution in [1.82, 2.24) is 4.90 Å². The van der Waals surface area contributed by atoms with E-state index >= 15 is 0 Å². The Labute approximate surface area is 82.9 Å². The van der Waals surface area contributed by atoms with Crippen LogP contribution in [-0.2, 0) is 0 Å². The molecule has 80 valence electrons. The Bertz CT molecular complexity index is 104. The molecule has 0 radical (unpaired) electrons. The Morgan fingerprint density at radius 3 is 2.00 bits per heavy atom. The molecule has 0 bridgehead atoms. The van der Waals surface area contributed by atoms with Gasteiger partial charge in [0.1, 0.15) is 6.23 Å². The molecular formula is C11H25NO. The number of aliphatic hydroxyl groups excluding tert-OH is 1. The van der Waals surface area contributed by atoms with Crippen molar-refractivity contribution in [2.24, 2.45) is 0 Å². The van der Waals surface area contributed by atoms with Crippen LogP contribution >= 0.6 is 0 Å². The predicted molar refractivity (Wildman–Crippen MR) is 57.7 cm³/mol. The van der Waals surface area contributed by atoms with E-state index in [-0.39, 0.29) is 6.23 Å². The smallest absolute Gasteiger partial charge is 0.104 e. The van der Waals surface area contributed by atoms with Crippen LogP contribution in [-0.4, -0.2) is 29.3 Å². The van der Waals surface area contributed by atoms with Gasteiger partial charge in [0, 0.05) is 13.1 Å². The van der Waals surface area contributed by atoms with Crippen molar-refractivity contribution in [3.8, 4) is 0 Å². The van der Waals surface area contributed by atoms with Gasteiger partial charge in [0.25, 0.3) is 0 Å². The summed E-state index contributed by atoms with van der Waals surface area (Å²) in [6.07, 6.45) is 5.86. The normalized spacial score (nSPS) is 13.6. The van der Waals surface area contributed by atoms with Gasteiger partial charge in [0.15, 0.2) is 0 Å². The Morgan fingerprint density at radius 2 is 1.54 bits per heavy atom. The van der Waals surface area contributed by atoms with Crippen LogP contribution < -0.4 is 0 Å². The number of aliphatic hydroxyl groups is 1. The Kier molecular flexibility index (Phi) is 8.46. The lowest BCUT2D eigenvalue weighted by atomic mass is 10.2. The van der Waals surface area contributed by atoms with Gasteiger partial charge in [-0.1, -0.05) is 33.1 Å². The molecular weight excluding hydrogens is 162 g/mol. The van der Waals surface area contributed by atoms with Gasteiger partial charge >= 0.3 is 0 Å². The van der Waals surface area contributed by atoms with Gasteiger partial charge in [-0.05, 0) is 19.8 Å². The van der Waals surface area contributed by atoms with Crippen LogP contribution in [0.5, 0.6) is 0 Å². The Morgan fingerprint density at radius 1 is 1.00 bits per heavy atom. The summed E-state index contributed by atoms with van der Waals surface area (Å²) in [5, 5.41) is 9.46. The number of unbranched alkanes of at least 4 members (excludes halogenated alkanes) is 3. The van der Waals surface area contributed by atoms with Crippen LogP contribution in [0.3, 0.4) is 0 Å². The van der Waals surface area contributed by atoms with Crippen molar-refractivity contribution >= 4 is 0 Å². The van der Waals surface area contributed by atoms with E-state index < -0.39 is 0 Å². The molecule has 0 saturated heterocycles. The van der Waals surface area contributed by atoms with Gasteiger partial charge in [-0.3, -0.25) is 4.90 Å². The fraction of sp³-hybridized carbons (Fsp3) is 1.00. The van der Waals surface area contributed by atoms with Crippen molar-refractivity contribution < 1.29 is 5.11 Å². The average molecular weight is 187 g/mol. The maximum Gasteiger partial charge on any atom is 0.104 e. The zero-order chi connectivity index (χ0) is 10.1. The van der Waals surface area contributed by atoms with Crippen LogP contribution in [0, 0.1) is 0 Å². The molecule has 0 aliphatic heterocycles. The molecule has 0 amide bonds. The van der Waals surface area contributed by atoms with Crippen molar-refractivity contribution in [3.63, 3.8) is 0 Å². The summed E-state index contributed by atoms with van der Waals surface area (Å²) in [6, 6.07) is 0. The first kappa shape index (κ1) is 12.9. The molecule has 0 heterocycles. The quantitative estimate of drug-likeness (QED) is 0.466. The fourth-order valence-electron chi connectivity index (χ4n) is 1.41. The lowest BCUT2D eigenvalue weighted by Crippen LogP contribution is -2.34. The third-order valence-corrected chi connectivity index (χ3v) is 2.38. The summed E-state index contributed by atoms with van der Waals surface area (Å²) >= 11 is 0. The number of nitrogens with zero attached hydrogens (tertiary/aromatic N) is 1. The summed E-state index contributed by atoms with van der Waals surface area (Å²) < 4.78 is 0. The van der Waals surface area contributed by atoms with Crippen LogP contribution in [0.15, 0.2) is 0 Å². The van der Waals surface area contributed by atoms with Crippen LogP contribution in [0.1, 0.15) is 52.9 Å². The molecule has 1 unspecified atom stereocenters. The van der Waals surface area contributed by atoms with Crippen molar-refractivity contribution in [2.45, 2.75) is 59.1 Å². The summed E-state index contributed by atoms with van der Waals surface area (Å²) in [5.41, 5.74) is 0. The van der Waals surface area contributed by atoms with Gasteiger partial charge < -0.3 is 5.11 Å². The summed E-state index contributed by atoms with van der Waals surface area (Å²) in [5.74, 6) is 0. The zero-order valence-corrected chi connectivity index (χ0v) is 9.42. The van der Waals surface area contributed by atoms with Crippen molar-refractivity contribution in [2.75, 3.05) is 13.1 Å². The second-order valence-corrected chi connectivity index (χ2v) is 3.73. The standard InChI is InChI=1S/C11H25NO/c1-4-6-8-10-12(11(3)13)9-7-5-2/h11,13H,4-10H2,1-3H3. The Balaban J connectivity index is 3.54. The van der Waals surface area contributed by atoms with Crippen molar-refractivity contribution in [1.29, 1.82) is 0 Å². The van der Waals surface area contributed by atoms with E-state index in [4.69, 9.17) is 0 Å². The summed E-state index contributed by atoms with van der Waals surface area (Å²) in [7, 11) is 0. The van der Waals surface area contributed by atoms with Gasteiger partial charge in [0.2, 0.25) is 0 Å². The van der Waals surface area contributed by atoms with Gasteiger partial charge in [-0.25, -0.2) is 0 Å². The largest absolute Gasteiger partial charge is 0.379 e. The molecule has 0 spiro atoms. The lowest BCUT2D eigenvalue weighted by molar-refractivity contribution is 0.0167. The molecule has 0 aromatic carbocycles. The minimum Gasteiger partial charge on any atom is -0.379 e. The highest BCUT2D eigenvalue weighted by atomic mass is 16.3. The monoisotopic (exact) mass is 187 g/mol. The highest BCUT2D eigenvalue weighted by Crippen LogP contribution is 2.03. The molecule has 0 aromatic heterocycles. The first-order valence-electron chi connectivity index (χ1n) is 5.64. The third kappa shape index (κ3) is 7.03. The van der Waals surface area contributed by atoms with Crippen LogP contribution in [0.4, 0.5) is 0 Å². The van der Waals surface area contributed by atoms with E-state index in [2.05, 4.69) is 18.7 Å². The molecule has 13 heavy (non-hydrogen) atoms. The van der Waals surface area contributed by atoms with Crippen LogP contribution in [0.2, 0.25) is 0 Å². The molecule has 2 heteroatoms. The van der Waals surface area contributed by atoms with E-state index in [1.165, 1.54) is 32.1 Å². The van der Waals surface area contributed by atoms with Gasteiger partial charge in [-0.2, -0.15) is 0 Å². The summed E-state index contributed by atoms with van der Waals surface area (Å²) in [4.78, 5) is 2.17. The maximum absolute atomic E-state index is 9.46. The maximum atomic E-state index is 9.46. The highest BCUT2D eigenvalue weighted by Gasteiger charge is 2.08. The molecule has 1 N–H and O–H groups in total. The highest BCUT2D eigenvalue weighted by molar-refractivity contribution is 4.58.